The summed E-state index contributed by atoms with van der Waals surface area (Å²) in [5.74, 6) is -1.82. The Morgan fingerprint density at radius 1 is 1.36 bits per heavy atom. The molecular formula is C17H16N2O6. The fourth-order valence-electron chi connectivity index (χ4n) is 2.94. The van der Waals surface area contributed by atoms with Gasteiger partial charge in [-0.3, -0.25) is 9.69 Å². The molecule has 1 amide bonds. The highest BCUT2D eigenvalue weighted by atomic mass is 16.5. The number of hydrogen-bond acceptors (Lipinski definition) is 6. The number of oxazole rings is 1. The van der Waals surface area contributed by atoms with Crippen molar-refractivity contribution < 1.29 is 28.6 Å². The van der Waals surface area contributed by atoms with Gasteiger partial charge < -0.3 is 14.3 Å². The average molecular weight is 344 g/mol. The number of esters is 1. The maximum atomic E-state index is 12.7. The molecule has 8 nitrogen and oxygen atoms in total. The average Bonchev–Trinajstić information content (AvgIpc) is 3.23. The molecule has 0 bridgehead atoms. The Labute approximate surface area is 143 Å². The molecule has 0 radical (unpaired) electrons. The number of aryl methyl sites for hydroxylation is 1. The number of anilines is 1. The molecule has 0 unspecified atom stereocenters. The molecule has 0 aliphatic carbocycles. The molecule has 25 heavy (non-hydrogen) atoms. The Hall–Kier alpha value is -3.16. The van der Waals surface area contributed by atoms with Gasteiger partial charge in [-0.2, -0.15) is 0 Å². The second-order valence-electron chi connectivity index (χ2n) is 5.57. The summed E-state index contributed by atoms with van der Waals surface area (Å²) in [4.78, 5) is 40.8. The van der Waals surface area contributed by atoms with Crippen molar-refractivity contribution in [3.8, 4) is 0 Å². The number of carbonyl (C=O) groups excluding carboxylic acids is 2. The van der Waals surface area contributed by atoms with E-state index in [4.69, 9.17) is 4.42 Å². The molecule has 0 fully saturated rings. The Kier molecular flexibility index (Phi) is 4.51. The molecule has 2 aromatic rings. The van der Waals surface area contributed by atoms with Gasteiger partial charge in [-0.25, -0.2) is 14.6 Å². The SMILES string of the molecule is COC(=O)c1ncoc1CCC(=O)N1c2ccccc2C[C@H]1C(=O)O. The predicted molar refractivity (Wildman–Crippen MR) is 85.2 cm³/mol. The van der Waals surface area contributed by atoms with Gasteiger partial charge >= 0.3 is 11.9 Å². The summed E-state index contributed by atoms with van der Waals surface area (Å²) in [7, 11) is 1.23. The Morgan fingerprint density at radius 3 is 2.84 bits per heavy atom. The molecule has 0 spiro atoms. The summed E-state index contributed by atoms with van der Waals surface area (Å²) >= 11 is 0. The van der Waals surface area contributed by atoms with Crippen LogP contribution in [0, 0.1) is 0 Å². The van der Waals surface area contributed by atoms with Crippen molar-refractivity contribution in [1.29, 1.82) is 0 Å². The summed E-state index contributed by atoms with van der Waals surface area (Å²) in [6.07, 6.45) is 1.48. The standard InChI is InChI=1S/C17H16N2O6/c1-24-17(23)15-13(25-9-18-15)6-7-14(20)19-11-5-3-2-4-10(11)8-12(19)16(21)22/h2-5,9,12H,6-8H2,1H3,(H,21,22)/t12-/m0/s1. The van der Waals surface area contributed by atoms with E-state index in [1.807, 2.05) is 12.1 Å². The summed E-state index contributed by atoms with van der Waals surface area (Å²) in [5, 5.41) is 9.42. The van der Waals surface area contributed by atoms with Gasteiger partial charge in [0.05, 0.1) is 7.11 Å². The molecule has 0 saturated carbocycles. The number of methoxy groups -OCH3 is 1. The van der Waals surface area contributed by atoms with Crippen molar-refractivity contribution in [3.63, 3.8) is 0 Å². The molecule has 3 rings (SSSR count). The van der Waals surface area contributed by atoms with Gasteiger partial charge in [-0.05, 0) is 11.6 Å². The van der Waals surface area contributed by atoms with Crippen LogP contribution in [0.25, 0.3) is 0 Å². The molecule has 1 aromatic heterocycles. The summed E-state index contributed by atoms with van der Waals surface area (Å²) in [6, 6.07) is 6.17. The highest BCUT2D eigenvalue weighted by Crippen LogP contribution is 2.33. The minimum absolute atomic E-state index is 0.0166. The number of carboxylic acid groups (broad SMARTS) is 1. The number of hydrogen-bond donors (Lipinski definition) is 1. The molecule has 0 saturated heterocycles. The molecule has 1 N–H and O–H groups in total. The minimum atomic E-state index is -1.06. The van der Waals surface area contributed by atoms with Crippen LogP contribution in [0.15, 0.2) is 35.1 Å². The summed E-state index contributed by atoms with van der Waals surface area (Å²) in [6.45, 7) is 0. The normalized spacial score (nSPS) is 15.7. The summed E-state index contributed by atoms with van der Waals surface area (Å²) in [5.41, 5.74) is 1.44. The number of benzene rings is 1. The van der Waals surface area contributed by atoms with Gasteiger partial charge in [-0.1, -0.05) is 18.2 Å². The Morgan fingerprint density at radius 2 is 2.12 bits per heavy atom. The first-order valence-electron chi connectivity index (χ1n) is 7.66. The Balaban J connectivity index is 1.77. The van der Waals surface area contributed by atoms with Gasteiger partial charge in [0.2, 0.25) is 5.91 Å². The van der Waals surface area contributed by atoms with E-state index < -0.39 is 18.0 Å². The van der Waals surface area contributed by atoms with E-state index in [0.717, 1.165) is 12.0 Å². The third kappa shape index (κ3) is 3.10. The maximum absolute atomic E-state index is 12.7. The van der Waals surface area contributed by atoms with Gasteiger partial charge in [-0.15, -0.1) is 0 Å². The zero-order valence-electron chi connectivity index (χ0n) is 13.5. The van der Waals surface area contributed by atoms with Crippen LogP contribution in [-0.4, -0.2) is 41.1 Å². The zero-order valence-corrected chi connectivity index (χ0v) is 13.5. The van der Waals surface area contributed by atoms with Crippen molar-refractivity contribution in [2.45, 2.75) is 25.3 Å². The van der Waals surface area contributed by atoms with Crippen LogP contribution < -0.4 is 4.90 Å². The second kappa shape index (κ2) is 6.76. The first-order chi connectivity index (χ1) is 12.0. The highest BCUT2D eigenvalue weighted by molar-refractivity contribution is 6.02. The van der Waals surface area contributed by atoms with Crippen LogP contribution in [0.3, 0.4) is 0 Å². The lowest BCUT2D eigenvalue weighted by atomic mass is 10.1. The van der Waals surface area contributed by atoms with E-state index >= 15 is 0 Å². The number of nitrogens with zero attached hydrogens (tertiary/aromatic N) is 2. The van der Waals surface area contributed by atoms with Crippen molar-refractivity contribution in [3.05, 3.63) is 47.7 Å². The number of ether oxygens (including phenoxy) is 1. The lowest BCUT2D eigenvalue weighted by Gasteiger charge is -2.22. The van der Waals surface area contributed by atoms with Gasteiger partial charge in [0.1, 0.15) is 11.8 Å². The number of fused-ring (bicyclic) bond motifs is 1. The third-order valence-electron chi connectivity index (χ3n) is 4.12. The Bertz CT molecular complexity index is 828. The first kappa shape index (κ1) is 16.7. The monoisotopic (exact) mass is 344 g/mol. The van der Waals surface area contributed by atoms with Crippen molar-refractivity contribution >= 4 is 23.5 Å². The van der Waals surface area contributed by atoms with Crippen LogP contribution in [0.2, 0.25) is 0 Å². The van der Waals surface area contributed by atoms with Crippen molar-refractivity contribution in [2.75, 3.05) is 12.0 Å². The number of carboxylic acids is 1. The van der Waals surface area contributed by atoms with E-state index in [9.17, 15) is 19.5 Å². The zero-order chi connectivity index (χ0) is 18.0. The quantitative estimate of drug-likeness (QED) is 0.817. The number of amides is 1. The largest absolute Gasteiger partial charge is 0.480 e. The van der Waals surface area contributed by atoms with Crippen LogP contribution in [0.1, 0.15) is 28.2 Å². The molecule has 1 aliphatic rings. The van der Waals surface area contributed by atoms with E-state index in [-0.39, 0.29) is 36.6 Å². The number of para-hydroxylation sites is 1. The van der Waals surface area contributed by atoms with Crippen molar-refractivity contribution in [1.82, 2.24) is 4.98 Å². The van der Waals surface area contributed by atoms with E-state index in [1.165, 1.54) is 12.0 Å². The number of rotatable bonds is 5. The molecule has 1 atom stereocenters. The van der Waals surface area contributed by atoms with E-state index in [0.29, 0.717) is 5.69 Å². The predicted octanol–water partition coefficient (Wildman–Crippen LogP) is 1.44. The molecule has 1 aromatic carbocycles. The highest BCUT2D eigenvalue weighted by Gasteiger charge is 2.38. The number of aliphatic carboxylic acids is 1. The van der Waals surface area contributed by atoms with Crippen LogP contribution in [0.5, 0.6) is 0 Å². The van der Waals surface area contributed by atoms with Crippen LogP contribution in [-0.2, 0) is 27.2 Å². The number of aromatic nitrogens is 1. The van der Waals surface area contributed by atoms with E-state index in [2.05, 4.69) is 9.72 Å². The molecule has 1 aliphatic heterocycles. The fourth-order valence-corrected chi connectivity index (χ4v) is 2.94. The molecular weight excluding hydrogens is 328 g/mol. The van der Waals surface area contributed by atoms with Crippen LogP contribution in [0.4, 0.5) is 5.69 Å². The van der Waals surface area contributed by atoms with Gasteiger partial charge in [0.25, 0.3) is 0 Å². The fraction of sp³-hybridized carbons (Fsp3) is 0.294. The smallest absolute Gasteiger partial charge is 0.360 e. The van der Waals surface area contributed by atoms with Gasteiger partial charge in [0.15, 0.2) is 12.1 Å². The molecule has 8 heteroatoms. The lowest BCUT2D eigenvalue weighted by molar-refractivity contribution is -0.139. The van der Waals surface area contributed by atoms with Crippen LogP contribution >= 0.6 is 0 Å². The lowest BCUT2D eigenvalue weighted by Crippen LogP contribution is -2.43. The molecule has 2 heterocycles. The topological polar surface area (TPSA) is 110 Å². The van der Waals surface area contributed by atoms with Gasteiger partial charge in [0, 0.05) is 24.9 Å². The van der Waals surface area contributed by atoms with E-state index in [1.54, 1.807) is 12.1 Å². The third-order valence-corrected chi connectivity index (χ3v) is 4.12. The maximum Gasteiger partial charge on any atom is 0.360 e. The first-order valence-corrected chi connectivity index (χ1v) is 7.66. The van der Waals surface area contributed by atoms with Crippen molar-refractivity contribution in [2.24, 2.45) is 0 Å². The minimum Gasteiger partial charge on any atom is -0.480 e. The molecule has 130 valence electrons. The second-order valence-corrected chi connectivity index (χ2v) is 5.57. The summed E-state index contributed by atoms with van der Waals surface area (Å²) < 4.78 is 9.75. The number of carbonyl (C=O) groups is 3.